The summed E-state index contributed by atoms with van der Waals surface area (Å²) < 4.78 is 12.5. The molecule has 0 aliphatic carbocycles. The normalized spacial score (nSPS) is 30.0. The van der Waals surface area contributed by atoms with Crippen molar-refractivity contribution in [2.75, 3.05) is 13.7 Å². The van der Waals surface area contributed by atoms with Gasteiger partial charge in [0.25, 0.3) is 0 Å². The second kappa shape index (κ2) is 5.02. The first-order chi connectivity index (χ1) is 9.67. The van der Waals surface area contributed by atoms with Gasteiger partial charge in [-0.15, -0.1) is 0 Å². The summed E-state index contributed by atoms with van der Waals surface area (Å²) >= 11 is 0. The van der Waals surface area contributed by atoms with E-state index in [0.29, 0.717) is 16.8 Å². The third-order valence-corrected chi connectivity index (χ3v) is 3.58. The lowest BCUT2D eigenvalue weighted by Crippen LogP contribution is -2.33. The molecule has 0 radical (unpaired) electrons. The maximum Gasteiger partial charge on any atom is 0.163 e. The Morgan fingerprint density at radius 3 is 2.80 bits per heavy atom. The van der Waals surface area contributed by atoms with Crippen LogP contribution in [0.25, 0.3) is 11.0 Å². The molecule has 1 aliphatic heterocycles. The van der Waals surface area contributed by atoms with Crippen LogP contribution in [0.2, 0.25) is 0 Å². The summed E-state index contributed by atoms with van der Waals surface area (Å²) in [5.74, 6) is 0.595. The number of pyridine rings is 1. The summed E-state index contributed by atoms with van der Waals surface area (Å²) in [5.41, 5.74) is 1.37. The van der Waals surface area contributed by atoms with Gasteiger partial charge in [0, 0.05) is 18.5 Å². The molecule has 2 aromatic rings. The highest BCUT2D eigenvalue weighted by Gasteiger charge is 2.43. The number of aromatic nitrogens is 2. The van der Waals surface area contributed by atoms with Crippen LogP contribution in [0.1, 0.15) is 6.23 Å². The van der Waals surface area contributed by atoms with Crippen LogP contribution in [0.15, 0.2) is 24.5 Å². The minimum Gasteiger partial charge on any atom is -0.494 e. The lowest BCUT2D eigenvalue weighted by atomic mass is 10.1. The number of hydrogen-bond acceptors (Lipinski definition) is 6. The maximum atomic E-state index is 10.1. The zero-order valence-electron chi connectivity index (χ0n) is 10.9. The quantitative estimate of drug-likeness (QED) is 0.711. The standard InChI is InChI=1S/C13H16N2O5/c1-19-8-2-4-14-7-3-5-15(10(7)8)13-12(18)11(17)9(6-16)20-13/h2-5,9,11-13,16-18H,6H2,1H3/t9-,11?,12+,13-/m1/s1. The highest BCUT2D eigenvalue weighted by molar-refractivity contribution is 5.82. The molecule has 1 saturated heterocycles. The molecule has 4 atom stereocenters. The van der Waals surface area contributed by atoms with Gasteiger partial charge in [-0.2, -0.15) is 0 Å². The van der Waals surface area contributed by atoms with Crippen molar-refractivity contribution in [2.24, 2.45) is 0 Å². The molecule has 0 amide bonds. The van der Waals surface area contributed by atoms with Crippen molar-refractivity contribution in [3.05, 3.63) is 24.5 Å². The van der Waals surface area contributed by atoms with Crippen molar-refractivity contribution in [1.29, 1.82) is 0 Å². The van der Waals surface area contributed by atoms with E-state index in [-0.39, 0.29) is 6.61 Å². The van der Waals surface area contributed by atoms with Gasteiger partial charge in [-0.25, -0.2) is 0 Å². The smallest absolute Gasteiger partial charge is 0.163 e. The van der Waals surface area contributed by atoms with Crippen LogP contribution >= 0.6 is 0 Å². The van der Waals surface area contributed by atoms with Crippen LogP contribution in [0.5, 0.6) is 5.75 Å². The van der Waals surface area contributed by atoms with E-state index < -0.39 is 24.5 Å². The second-order valence-corrected chi connectivity index (χ2v) is 4.70. The molecule has 2 aromatic heterocycles. The monoisotopic (exact) mass is 280 g/mol. The topological polar surface area (TPSA) is 97.0 Å². The summed E-state index contributed by atoms with van der Waals surface area (Å²) in [6.07, 6.45) is -0.533. The zero-order valence-corrected chi connectivity index (χ0v) is 10.9. The summed E-state index contributed by atoms with van der Waals surface area (Å²) in [7, 11) is 1.55. The minimum atomic E-state index is -1.13. The van der Waals surface area contributed by atoms with E-state index in [0.717, 1.165) is 0 Å². The fourth-order valence-electron chi connectivity index (χ4n) is 2.55. The van der Waals surface area contributed by atoms with Crippen LogP contribution in [0.4, 0.5) is 0 Å². The summed E-state index contributed by atoms with van der Waals surface area (Å²) in [6, 6.07) is 3.48. The molecular formula is C13H16N2O5. The van der Waals surface area contributed by atoms with Crippen LogP contribution in [0, 0.1) is 0 Å². The minimum absolute atomic E-state index is 0.358. The van der Waals surface area contributed by atoms with Crippen LogP contribution in [-0.4, -0.2) is 56.9 Å². The molecule has 0 bridgehead atoms. The molecule has 3 N–H and O–H groups in total. The van der Waals surface area contributed by atoms with Crippen LogP contribution < -0.4 is 4.74 Å². The van der Waals surface area contributed by atoms with Crippen molar-refractivity contribution >= 4 is 11.0 Å². The highest BCUT2D eigenvalue weighted by atomic mass is 16.6. The highest BCUT2D eigenvalue weighted by Crippen LogP contribution is 2.34. The maximum absolute atomic E-state index is 10.1. The molecule has 1 unspecified atom stereocenters. The first-order valence-corrected chi connectivity index (χ1v) is 6.29. The lowest BCUT2D eigenvalue weighted by molar-refractivity contribution is -0.0507. The molecule has 0 saturated carbocycles. The number of nitrogens with zero attached hydrogens (tertiary/aromatic N) is 2. The van der Waals surface area contributed by atoms with Crippen molar-refractivity contribution in [3.63, 3.8) is 0 Å². The lowest BCUT2D eigenvalue weighted by Gasteiger charge is -2.18. The molecule has 7 nitrogen and oxygen atoms in total. The Morgan fingerprint density at radius 2 is 2.15 bits per heavy atom. The molecule has 108 valence electrons. The largest absolute Gasteiger partial charge is 0.494 e. The molecule has 1 aliphatic rings. The Balaban J connectivity index is 2.07. The van der Waals surface area contributed by atoms with Crippen molar-refractivity contribution in [3.8, 4) is 5.75 Å². The summed E-state index contributed by atoms with van der Waals surface area (Å²) in [5, 5.41) is 29.1. The number of ether oxygens (including phenoxy) is 2. The van der Waals surface area contributed by atoms with E-state index in [1.54, 1.807) is 36.2 Å². The summed E-state index contributed by atoms with van der Waals surface area (Å²) in [4.78, 5) is 4.22. The van der Waals surface area contributed by atoms with Gasteiger partial charge in [0.05, 0.1) is 19.2 Å². The molecular weight excluding hydrogens is 264 g/mol. The van der Waals surface area contributed by atoms with Crippen molar-refractivity contribution < 1.29 is 24.8 Å². The Bertz CT molecular complexity index is 614. The fraction of sp³-hybridized carbons (Fsp3) is 0.462. The molecule has 0 aromatic carbocycles. The van der Waals surface area contributed by atoms with E-state index >= 15 is 0 Å². The zero-order chi connectivity index (χ0) is 14.3. The number of hydrogen-bond donors (Lipinski definition) is 3. The Morgan fingerprint density at radius 1 is 1.35 bits per heavy atom. The number of aliphatic hydroxyl groups excluding tert-OH is 3. The Labute approximate surface area is 115 Å². The van der Waals surface area contributed by atoms with Gasteiger partial charge in [-0.1, -0.05) is 0 Å². The first kappa shape index (κ1) is 13.3. The van der Waals surface area contributed by atoms with Crippen molar-refractivity contribution in [1.82, 2.24) is 9.55 Å². The Hall–Kier alpha value is -1.67. The van der Waals surface area contributed by atoms with Crippen LogP contribution in [-0.2, 0) is 4.74 Å². The van der Waals surface area contributed by atoms with Gasteiger partial charge >= 0.3 is 0 Å². The third kappa shape index (κ3) is 1.87. The number of rotatable bonds is 3. The van der Waals surface area contributed by atoms with Gasteiger partial charge in [-0.3, -0.25) is 4.98 Å². The van der Waals surface area contributed by atoms with Gasteiger partial charge in [0.2, 0.25) is 0 Å². The van der Waals surface area contributed by atoms with Gasteiger partial charge < -0.3 is 29.4 Å². The van der Waals surface area contributed by atoms with Crippen molar-refractivity contribution in [2.45, 2.75) is 24.5 Å². The number of fused-ring (bicyclic) bond motifs is 1. The van der Waals surface area contributed by atoms with Gasteiger partial charge in [-0.05, 0) is 6.07 Å². The molecule has 0 spiro atoms. The molecule has 3 rings (SSSR count). The number of methoxy groups -OCH3 is 1. The van der Waals surface area contributed by atoms with E-state index in [1.165, 1.54) is 0 Å². The molecule has 20 heavy (non-hydrogen) atoms. The third-order valence-electron chi connectivity index (χ3n) is 3.58. The predicted molar refractivity (Wildman–Crippen MR) is 69.3 cm³/mol. The first-order valence-electron chi connectivity index (χ1n) is 6.29. The van der Waals surface area contributed by atoms with E-state index in [9.17, 15) is 10.2 Å². The number of aliphatic hydroxyl groups is 3. The van der Waals surface area contributed by atoms with Gasteiger partial charge in [0.15, 0.2) is 6.23 Å². The van der Waals surface area contributed by atoms with Gasteiger partial charge in [0.1, 0.15) is 29.6 Å². The SMILES string of the molecule is COc1ccnc2ccn([C@@H]3O[C@H](CO)C(O)[C@@H]3O)c12. The molecule has 1 fully saturated rings. The van der Waals surface area contributed by atoms with E-state index in [2.05, 4.69) is 4.98 Å². The summed E-state index contributed by atoms with van der Waals surface area (Å²) in [6.45, 7) is -0.358. The average Bonchev–Trinajstić information content (AvgIpc) is 3.01. The molecule has 7 heteroatoms. The van der Waals surface area contributed by atoms with E-state index in [1.807, 2.05) is 0 Å². The van der Waals surface area contributed by atoms with E-state index in [4.69, 9.17) is 14.6 Å². The second-order valence-electron chi connectivity index (χ2n) is 4.70. The van der Waals surface area contributed by atoms with Crippen LogP contribution in [0.3, 0.4) is 0 Å². The average molecular weight is 280 g/mol. The predicted octanol–water partition coefficient (Wildman–Crippen LogP) is -0.344. The Kier molecular flexibility index (Phi) is 3.35. The molecule has 3 heterocycles. The fourth-order valence-corrected chi connectivity index (χ4v) is 2.55.